The summed E-state index contributed by atoms with van der Waals surface area (Å²) < 4.78 is 78.6. The Morgan fingerprint density at radius 2 is 1.64 bits per heavy atom. The molecule has 0 aromatic carbocycles. The molecule has 0 atom stereocenters. The van der Waals surface area contributed by atoms with Crippen molar-refractivity contribution in [1.82, 2.24) is 0 Å². The van der Waals surface area contributed by atoms with Gasteiger partial charge in [0.25, 0.3) is 5.78 Å². The SMILES string of the molecule is FC(F)(F)C1=CC(C(F)(F)F)=[O+][CH-]O1. The average molecular weight is 220 g/mol. The molecule has 1 aliphatic rings. The summed E-state index contributed by atoms with van der Waals surface area (Å²) in [5, 5.41) is 0. The Kier molecular flexibility index (Phi) is 2.38. The topological polar surface area (TPSA) is 20.5 Å². The first-order chi connectivity index (χ1) is 6.21. The van der Waals surface area contributed by atoms with Crippen LogP contribution in [0.25, 0.3) is 0 Å². The number of rotatable bonds is 0. The van der Waals surface area contributed by atoms with E-state index >= 15 is 0 Å². The van der Waals surface area contributed by atoms with E-state index in [1.54, 1.807) is 0 Å². The number of ketones is 1. The molecule has 80 valence electrons. The zero-order chi connectivity index (χ0) is 11.0. The van der Waals surface area contributed by atoms with Gasteiger partial charge in [0, 0.05) is 6.08 Å². The molecule has 0 unspecified atom stereocenters. The van der Waals surface area contributed by atoms with Crippen molar-refractivity contribution in [1.29, 1.82) is 0 Å². The summed E-state index contributed by atoms with van der Waals surface area (Å²) in [7, 11) is 0. The lowest BCUT2D eigenvalue weighted by Crippen LogP contribution is -2.28. The Labute approximate surface area is 73.5 Å². The Morgan fingerprint density at radius 1 is 1.07 bits per heavy atom. The fraction of sp³-hybridized carbons (Fsp3) is 0.333. The molecule has 2 nitrogen and oxygen atoms in total. The van der Waals surface area contributed by atoms with E-state index in [1.165, 1.54) is 0 Å². The van der Waals surface area contributed by atoms with Gasteiger partial charge in [-0.05, 0) is 0 Å². The van der Waals surface area contributed by atoms with E-state index in [1.807, 2.05) is 0 Å². The van der Waals surface area contributed by atoms with Crippen molar-refractivity contribution in [2.45, 2.75) is 12.4 Å². The van der Waals surface area contributed by atoms with Crippen LogP contribution in [0.15, 0.2) is 11.8 Å². The Hall–Kier alpha value is -1.34. The van der Waals surface area contributed by atoms with Gasteiger partial charge in [0.1, 0.15) is 0 Å². The van der Waals surface area contributed by atoms with Crippen LogP contribution in [0.2, 0.25) is 0 Å². The second kappa shape index (κ2) is 3.10. The van der Waals surface area contributed by atoms with E-state index in [-0.39, 0.29) is 12.9 Å². The third-order valence-corrected chi connectivity index (χ3v) is 1.17. The molecule has 1 heterocycles. The molecule has 0 amide bonds. The van der Waals surface area contributed by atoms with Crippen LogP contribution in [0.1, 0.15) is 0 Å². The van der Waals surface area contributed by atoms with Gasteiger partial charge in [0.05, 0.1) is 0 Å². The zero-order valence-corrected chi connectivity index (χ0v) is 6.24. The van der Waals surface area contributed by atoms with E-state index in [4.69, 9.17) is 0 Å². The molecule has 0 bridgehead atoms. The summed E-state index contributed by atoms with van der Waals surface area (Å²) in [4.78, 5) is 0. The van der Waals surface area contributed by atoms with E-state index in [2.05, 4.69) is 9.16 Å². The van der Waals surface area contributed by atoms with E-state index in [0.717, 1.165) is 0 Å². The van der Waals surface area contributed by atoms with Crippen LogP contribution in [0, 0.1) is 6.79 Å². The number of hydrogen-bond acceptors (Lipinski definition) is 1. The maximum Gasteiger partial charge on any atom is 0.446 e. The highest BCUT2D eigenvalue weighted by molar-refractivity contribution is 5.95. The number of carbonyl (C=O) groups excluding carboxylic acids is 1. The number of ether oxygens (including phenoxy) is 1. The van der Waals surface area contributed by atoms with E-state index in [9.17, 15) is 26.3 Å². The smallest absolute Gasteiger partial charge is 0.446 e. The molecule has 8 heteroatoms. The van der Waals surface area contributed by atoms with Gasteiger partial charge in [-0.2, -0.15) is 26.3 Å². The largest absolute Gasteiger partial charge is 0.471 e. The first kappa shape index (κ1) is 10.7. The van der Waals surface area contributed by atoms with Gasteiger partial charge < -0.3 is 9.16 Å². The van der Waals surface area contributed by atoms with Gasteiger partial charge in [-0.3, -0.25) is 0 Å². The van der Waals surface area contributed by atoms with Crippen molar-refractivity contribution in [3.05, 3.63) is 18.6 Å². The highest BCUT2D eigenvalue weighted by Gasteiger charge is 2.44. The third-order valence-electron chi connectivity index (χ3n) is 1.17. The van der Waals surface area contributed by atoms with Gasteiger partial charge in [0.15, 0.2) is 5.76 Å². The standard InChI is InChI=1S/C6H2F6O2/c7-5(8,9)3-1-4(6(10,11)12)14-2-13-3/h1-2H. The van der Waals surface area contributed by atoms with E-state index < -0.39 is 23.9 Å². The molecule has 0 aromatic heterocycles. The molecule has 1 rings (SSSR count). The van der Waals surface area contributed by atoms with Gasteiger partial charge in [0.2, 0.25) is 0 Å². The first-order valence-corrected chi connectivity index (χ1v) is 3.09. The van der Waals surface area contributed by atoms with Crippen LogP contribution in [-0.4, -0.2) is 18.1 Å². The van der Waals surface area contributed by atoms with Crippen molar-refractivity contribution < 1.29 is 35.5 Å². The lowest BCUT2D eigenvalue weighted by Gasteiger charge is -2.16. The van der Waals surface area contributed by atoms with Crippen LogP contribution in [0.3, 0.4) is 0 Å². The minimum atomic E-state index is -4.98. The maximum atomic E-state index is 11.9. The Bertz CT molecular complexity index is 284. The fourth-order valence-corrected chi connectivity index (χ4v) is 0.612. The first-order valence-electron chi connectivity index (χ1n) is 3.09. The van der Waals surface area contributed by atoms with Crippen LogP contribution < -0.4 is 0 Å². The Morgan fingerprint density at radius 3 is 2.07 bits per heavy atom. The summed E-state index contributed by atoms with van der Waals surface area (Å²) in [6.07, 6.45) is -10.2. The number of allylic oxidation sites excluding steroid dienone is 2. The van der Waals surface area contributed by atoms with E-state index in [0.29, 0.717) is 0 Å². The molecule has 0 aromatic rings. The van der Waals surface area contributed by atoms with Crippen molar-refractivity contribution in [2.75, 3.05) is 0 Å². The van der Waals surface area contributed by atoms with Crippen molar-refractivity contribution >= 4 is 5.78 Å². The molecular weight excluding hydrogens is 218 g/mol. The second-order valence-electron chi connectivity index (χ2n) is 2.20. The predicted molar refractivity (Wildman–Crippen MR) is 30.6 cm³/mol. The van der Waals surface area contributed by atoms with Crippen molar-refractivity contribution in [3.63, 3.8) is 0 Å². The normalized spacial score (nSPS) is 17.9. The summed E-state index contributed by atoms with van der Waals surface area (Å²) in [5.41, 5.74) is 0. The van der Waals surface area contributed by atoms with Gasteiger partial charge in [-0.1, -0.05) is 0 Å². The molecule has 0 N–H and O–H groups in total. The van der Waals surface area contributed by atoms with Crippen LogP contribution in [-0.2, 0) is 9.16 Å². The monoisotopic (exact) mass is 220 g/mol. The minimum absolute atomic E-state index is 0.0222. The lowest BCUT2D eigenvalue weighted by atomic mass is 10.3. The maximum absolute atomic E-state index is 11.9. The molecule has 0 saturated carbocycles. The molecule has 0 saturated heterocycles. The summed E-state index contributed by atoms with van der Waals surface area (Å²) in [6, 6.07) is 0. The highest BCUT2D eigenvalue weighted by Crippen LogP contribution is 2.30. The molecule has 1 aliphatic heterocycles. The molecule has 0 aliphatic carbocycles. The third kappa shape index (κ3) is 2.33. The lowest BCUT2D eigenvalue weighted by molar-refractivity contribution is -0.464. The molecule has 0 fully saturated rings. The van der Waals surface area contributed by atoms with Crippen LogP contribution in [0.5, 0.6) is 0 Å². The summed E-state index contributed by atoms with van der Waals surface area (Å²) in [6.45, 7) is -0.0222. The van der Waals surface area contributed by atoms with Crippen molar-refractivity contribution in [3.8, 4) is 0 Å². The van der Waals surface area contributed by atoms with Gasteiger partial charge in [-0.15, -0.1) is 0 Å². The van der Waals surface area contributed by atoms with Crippen LogP contribution >= 0.6 is 0 Å². The predicted octanol–water partition coefficient (Wildman–Crippen LogP) is 2.25. The summed E-state index contributed by atoms with van der Waals surface area (Å²) >= 11 is 0. The zero-order valence-electron chi connectivity index (χ0n) is 6.24. The van der Waals surface area contributed by atoms with Crippen molar-refractivity contribution in [2.24, 2.45) is 0 Å². The minimum Gasteiger partial charge on any atom is -0.471 e. The van der Waals surface area contributed by atoms with Gasteiger partial charge >= 0.3 is 19.1 Å². The summed E-state index contributed by atoms with van der Waals surface area (Å²) in [5.74, 6) is -3.54. The molecule has 0 radical (unpaired) electrons. The average Bonchev–Trinajstić information content (AvgIpc) is 2.01. The number of alkyl halides is 6. The molecular formula is C6H2F6O2. The van der Waals surface area contributed by atoms with Crippen LogP contribution in [0.4, 0.5) is 26.3 Å². The quantitative estimate of drug-likeness (QED) is 0.348. The number of halogens is 6. The second-order valence-corrected chi connectivity index (χ2v) is 2.20. The fourth-order valence-electron chi connectivity index (χ4n) is 0.612. The number of hydrogen-bond donors (Lipinski definition) is 0. The molecule has 0 spiro atoms. The molecule has 14 heavy (non-hydrogen) atoms. The highest BCUT2D eigenvalue weighted by atomic mass is 19.4. The Balaban J connectivity index is 2.95. The van der Waals surface area contributed by atoms with Gasteiger partial charge in [-0.25, -0.2) is 0 Å².